The summed E-state index contributed by atoms with van der Waals surface area (Å²) in [6.07, 6.45) is 3.34. The van der Waals surface area contributed by atoms with E-state index in [1.165, 1.54) is 0 Å². The van der Waals surface area contributed by atoms with Gasteiger partial charge in [-0.3, -0.25) is 9.59 Å². The van der Waals surface area contributed by atoms with Crippen LogP contribution in [-0.2, 0) is 15.8 Å². The Bertz CT molecular complexity index is 1170. The maximum atomic E-state index is 13.4. The van der Waals surface area contributed by atoms with Crippen molar-refractivity contribution in [2.45, 2.75) is 69.0 Å². The minimum absolute atomic E-state index is 0.000870. The second-order valence-corrected chi connectivity index (χ2v) is 12.0. The Morgan fingerprint density at radius 3 is 2.75 bits per heavy atom. The number of ketones is 2. The summed E-state index contributed by atoms with van der Waals surface area (Å²) in [5.41, 5.74) is -3.07. The van der Waals surface area contributed by atoms with Crippen LogP contribution < -0.4 is 0 Å². The van der Waals surface area contributed by atoms with Gasteiger partial charge in [-0.2, -0.15) is 13.2 Å². The third-order valence-corrected chi connectivity index (χ3v) is 10.2. The van der Waals surface area contributed by atoms with Crippen LogP contribution in [0.25, 0.3) is 0 Å². The molecule has 2 N–H and O–H groups in total. The van der Waals surface area contributed by atoms with E-state index in [1.54, 1.807) is 12.2 Å². The van der Waals surface area contributed by atoms with Crippen LogP contribution in [0, 0.1) is 28.6 Å². The Labute approximate surface area is 211 Å². The molecule has 0 spiro atoms. The lowest BCUT2D eigenvalue weighted by molar-refractivity contribution is -0.174. The number of nitrogens with zero attached hydrogens (tertiary/aromatic N) is 2. The molecule has 6 nitrogen and oxygen atoms in total. The van der Waals surface area contributed by atoms with Gasteiger partial charge in [0.15, 0.2) is 16.7 Å². The highest BCUT2D eigenvalue weighted by atomic mass is 32.2. The standard InChI is InChI=1S/C26H29F3N2O4S/c1-23-8-5-15(32)11-14(23)3-4-16-17-6-9-25(35,24(17,2)12-18(33)21(16)23)20(34)13-36-22-30-10-7-19(31-22)26(27,28)29/h5,7-8,10-11,16-18,21,33,35H,3-4,6,9,12-13H2,1-2H3/t16?,17?,18?,21?,23?,24?,25-/m0/s1. The second kappa shape index (κ2) is 8.49. The van der Waals surface area contributed by atoms with E-state index >= 15 is 0 Å². The molecule has 1 aromatic heterocycles. The van der Waals surface area contributed by atoms with Gasteiger partial charge in [-0.05, 0) is 62.2 Å². The topological polar surface area (TPSA) is 100 Å². The van der Waals surface area contributed by atoms with Gasteiger partial charge in [0.2, 0.25) is 0 Å². The van der Waals surface area contributed by atoms with E-state index < -0.39 is 40.2 Å². The van der Waals surface area contributed by atoms with E-state index in [2.05, 4.69) is 16.9 Å². The van der Waals surface area contributed by atoms with E-state index in [0.717, 1.165) is 42.4 Å². The van der Waals surface area contributed by atoms with Crippen LogP contribution in [0.2, 0.25) is 0 Å². The summed E-state index contributed by atoms with van der Waals surface area (Å²) in [5, 5.41) is 23.0. The molecule has 4 aliphatic rings. The molecule has 5 rings (SSSR count). The Morgan fingerprint density at radius 2 is 2.03 bits per heavy atom. The molecule has 0 aliphatic heterocycles. The lowest BCUT2D eigenvalue weighted by Gasteiger charge is -2.59. The molecule has 0 saturated heterocycles. The first-order valence-corrected chi connectivity index (χ1v) is 13.2. The maximum Gasteiger partial charge on any atom is 0.433 e. The molecule has 6 unspecified atom stereocenters. The number of alkyl halides is 3. The Kier molecular flexibility index (Phi) is 6.04. The number of hydrogen-bond acceptors (Lipinski definition) is 7. The van der Waals surface area contributed by atoms with Crippen LogP contribution >= 0.6 is 11.8 Å². The minimum Gasteiger partial charge on any atom is -0.393 e. The molecular formula is C26H29F3N2O4S. The number of hydrogen-bond donors (Lipinski definition) is 2. The van der Waals surface area contributed by atoms with Crippen LogP contribution in [0.5, 0.6) is 0 Å². The summed E-state index contributed by atoms with van der Waals surface area (Å²) in [5.74, 6) is -0.835. The first-order chi connectivity index (χ1) is 16.8. The Morgan fingerprint density at radius 1 is 1.28 bits per heavy atom. The molecule has 4 aliphatic carbocycles. The van der Waals surface area contributed by atoms with Crippen LogP contribution in [0.1, 0.15) is 51.6 Å². The third-order valence-electron chi connectivity index (χ3n) is 9.37. The summed E-state index contributed by atoms with van der Waals surface area (Å²) >= 11 is 0.777. The summed E-state index contributed by atoms with van der Waals surface area (Å²) < 4.78 is 38.9. The summed E-state index contributed by atoms with van der Waals surface area (Å²) in [4.78, 5) is 32.7. The second-order valence-electron chi connectivity index (χ2n) is 11.0. The van der Waals surface area contributed by atoms with Gasteiger partial charge in [0, 0.05) is 22.9 Å². The van der Waals surface area contributed by atoms with E-state index in [1.807, 2.05) is 13.0 Å². The van der Waals surface area contributed by atoms with Crippen LogP contribution in [0.3, 0.4) is 0 Å². The summed E-state index contributed by atoms with van der Waals surface area (Å²) in [6.45, 7) is 3.92. The zero-order chi connectivity index (χ0) is 26.1. The lowest BCUT2D eigenvalue weighted by atomic mass is 9.46. The number of aliphatic hydroxyl groups excluding tert-OH is 1. The molecule has 0 radical (unpaired) electrons. The highest BCUT2D eigenvalue weighted by Crippen LogP contribution is 2.67. The van der Waals surface area contributed by atoms with E-state index in [9.17, 15) is 33.0 Å². The first-order valence-electron chi connectivity index (χ1n) is 12.2. The van der Waals surface area contributed by atoms with Gasteiger partial charge in [-0.25, -0.2) is 9.97 Å². The average molecular weight is 523 g/mol. The van der Waals surface area contributed by atoms with Crippen molar-refractivity contribution >= 4 is 23.3 Å². The van der Waals surface area contributed by atoms with Crippen molar-refractivity contribution in [3.8, 4) is 0 Å². The predicted molar refractivity (Wildman–Crippen MR) is 126 cm³/mol. The molecule has 0 amide bonds. The molecule has 10 heteroatoms. The normalized spacial score (nSPS) is 39.8. The molecule has 7 atom stereocenters. The zero-order valence-electron chi connectivity index (χ0n) is 20.1. The minimum atomic E-state index is -4.62. The Hall–Kier alpha value is -2.04. The predicted octanol–water partition coefficient (Wildman–Crippen LogP) is 4.17. The quantitative estimate of drug-likeness (QED) is 0.452. The van der Waals surface area contributed by atoms with Crippen LogP contribution in [-0.4, -0.2) is 49.2 Å². The van der Waals surface area contributed by atoms with Crippen molar-refractivity contribution in [3.63, 3.8) is 0 Å². The maximum absolute atomic E-state index is 13.4. The number of thioether (sulfide) groups is 1. The third kappa shape index (κ3) is 3.79. The van der Waals surface area contributed by atoms with Crippen molar-refractivity contribution in [2.75, 3.05) is 5.75 Å². The van der Waals surface area contributed by atoms with Gasteiger partial charge in [-0.15, -0.1) is 0 Å². The van der Waals surface area contributed by atoms with Crippen molar-refractivity contribution in [1.82, 2.24) is 9.97 Å². The number of Topliss-reactive ketones (excluding diaryl/α,β-unsaturated/α-hetero) is 1. The van der Waals surface area contributed by atoms with Gasteiger partial charge in [0.05, 0.1) is 11.9 Å². The fraction of sp³-hybridized carbons (Fsp3) is 0.615. The number of carbonyl (C=O) groups excluding carboxylic acids is 2. The van der Waals surface area contributed by atoms with Gasteiger partial charge in [-0.1, -0.05) is 37.3 Å². The molecule has 0 bridgehead atoms. The highest BCUT2D eigenvalue weighted by Gasteiger charge is 2.68. The van der Waals surface area contributed by atoms with E-state index in [4.69, 9.17) is 0 Å². The molecule has 1 heterocycles. The molecule has 3 saturated carbocycles. The molecule has 1 aromatic rings. The van der Waals surface area contributed by atoms with Crippen molar-refractivity contribution in [3.05, 3.63) is 41.8 Å². The van der Waals surface area contributed by atoms with E-state index in [0.29, 0.717) is 6.42 Å². The van der Waals surface area contributed by atoms with E-state index in [-0.39, 0.29) is 47.3 Å². The highest BCUT2D eigenvalue weighted by molar-refractivity contribution is 7.99. The van der Waals surface area contributed by atoms with Crippen molar-refractivity contribution < 1.29 is 33.0 Å². The fourth-order valence-electron chi connectivity index (χ4n) is 7.61. The smallest absolute Gasteiger partial charge is 0.393 e. The van der Waals surface area contributed by atoms with Gasteiger partial charge >= 0.3 is 6.18 Å². The largest absolute Gasteiger partial charge is 0.433 e. The molecule has 0 aromatic carbocycles. The average Bonchev–Trinajstić information content (AvgIpc) is 3.08. The fourth-order valence-corrected chi connectivity index (χ4v) is 8.40. The van der Waals surface area contributed by atoms with Crippen molar-refractivity contribution in [1.29, 1.82) is 0 Å². The number of halogens is 3. The molecule has 194 valence electrons. The number of allylic oxidation sites excluding steroid dienone is 4. The van der Waals surface area contributed by atoms with Crippen molar-refractivity contribution in [2.24, 2.45) is 28.6 Å². The number of fused-ring (bicyclic) bond motifs is 5. The summed E-state index contributed by atoms with van der Waals surface area (Å²) in [6, 6.07) is 0.768. The number of aromatic nitrogens is 2. The first kappa shape index (κ1) is 25.6. The van der Waals surface area contributed by atoms with Crippen LogP contribution in [0.4, 0.5) is 13.2 Å². The molecule has 3 fully saturated rings. The molecular weight excluding hydrogens is 493 g/mol. The Balaban J connectivity index is 1.37. The van der Waals surface area contributed by atoms with Gasteiger partial charge in [0.1, 0.15) is 11.3 Å². The number of rotatable bonds is 4. The van der Waals surface area contributed by atoms with Gasteiger partial charge in [0.25, 0.3) is 0 Å². The zero-order valence-corrected chi connectivity index (χ0v) is 20.9. The summed E-state index contributed by atoms with van der Waals surface area (Å²) in [7, 11) is 0. The lowest BCUT2D eigenvalue weighted by Crippen LogP contribution is -2.61. The number of aliphatic hydroxyl groups is 2. The van der Waals surface area contributed by atoms with Crippen LogP contribution in [0.15, 0.2) is 41.2 Å². The SMILES string of the molecule is CC12C=CC(=O)C=C1CCC1C2C(O)CC2(C)C1CC[C@]2(O)C(=O)CSc1nccc(C(F)(F)F)n1. The number of carbonyl (C=O) groups is 2. The molecule has 36 heavy (non-hydrogen) atoms. The monoisotopic (exact) mass is 522 g/mol. The van der Waals surface area contributed by atoms with Gasteiger partial charge < -0.3 is 10.2 Å².